The molecule has 0 bridgehead atoms. The van der Waals surface area contributed by atoms with Gasteiger partial charge < -0.3 is 15.8 Å². The van der Waals surface area contributed by atoms with Crippen LogP contribution in [0.4, 0.5) is 5.69 Å². The van der Waals surface area contributed by atoms with Crippen molar-refractivity contribution in [3.8, 4) is 5.75 Å². The minimum absolute atomic E-state index is 0.00981. The van der Waals surface area contributed by atoms with Gasteiger partial charge in [-0.15, -0.1) is 0 Å². The second-order valence-electron chi connectivity index (χ2n) is 3.36. The molecule has 0 fully saturated rings. The van der Waals surface area contributed by atoms with Gasteiger partial charge in [0, 0.05) is 22.8 Å². The fourth-order valence-corrected chi connectivity index (χ4v) is 1.62. The van der Waals surface area contributed by atoms with Crippen LogP contribution in [-0.4, -0.2) is 19.1 Å². The van der Waals surface area contributed by atoms with Crippen molar-refractivity contribution in [3.63, 3.8) is 0 Å². The number of hydrogen-bond acceptors (Lipinski definition) is 3. The average Bonchev–Trinajstić information content (AvgIpc) is 2.22. The molecule has 0 aliphatic rings. The Hall–Kier alpha value is -1.23. The fourth-order valence-electron chi connectivity index (χ4n) is 1.13. The Balaban J connectivity index is 2.45. The van der Waals surface area contributed by atoms with E-state index < -0.39 is 0 Å². The zero-order valence-electron chi connectivity index (χ0n) is 9.13. The topological polar surface area (TPSA) is 64.3 Å². The lowest BCUT2D eigenvalue weighted by Gasteiger charge is -2.07. The molecule has 4 nitrogen and oxygen atoms in total. The van der Waals surface area contributed by atoms with Gasteiger partial charge in [0.15, 0.2) is 6.61 Å². The quantitative estimate of drug-likeness (QED) is 0.813. The molecule has 1 aromatic rings. The van der Waals surface area contributed by atoms with Crippen molar-refractivity contribution in [2.75, 3.05) is 18.9 Å². The van der Waals surface area contributed by atoms with Crippen molar-refractivity contribution in [2.24, 2.45) is 0 Å². The summed E-state index contributed by atoms with van der Waals surface area (Å²) in [6.45, 7) is 2.68. The van der Waals surface area contributed by atoms with Gasteiger partial charge in [0.25, 0.3) is 5.91 Å². The molecule has 0 aliphatic carbocycles. The number of nitrogens with one attached hydrogen (secondary N) is 1. The number of halogens is 1. The zero-order valence-corrected chi connectivity index (χ0v) is 10.7. The number of carbonyl (C=O) groups excluding carboxylic acids is 1. The molecule has 0 saturated heterocycles. The number of nitrogen functional groups attached to an aromatic ring is 1. The number of rotatable bonds is 5. The highest BCUT2D eigenvalue weighted by Crippen LogP contribution is 2.22. The highest BCUT2D eigenvalue weighted by Gasteiger charge is 2.02. The molecule has 0 unspecified atom stereocenters. The van der Waals surface area contributed by atoms with E-state index >= 15 is 0 Å². The van der Waals surface area contributed by atoms with E-state index in [1.54, 1.807) is 18.2 Å². The van der Waals surface area contributed by atoms with Crippen molar-refractivity contribution in [2.45, 2.75) is 13.3 Å². The van der Waals surface area contributed by atoms with Crippen LogP contribution in [0.15, 0.2) is 22.7 Å². The Bertz CT molecular complexity index is 349. The van der Waals surface area contributed by atoms with Gasteiger partial charge in [-0.2, -0.15) is 0 Å². The van der Waals surface area contributed by atoms with E-state index in [-0.39, 0.29) is 12.5 Å². The Morgan fingerprint density at radius 1 is 1.50 bits per heavy atom. The van der Waals surface area contributed by atoms with Crippen LogP contribution in [0.1, 0.15) is 13.3 Å². The summed E-state index contributed by atoms with van der Waals surface area (Å²) in [4.78, 5) is 11.3. The summed E-state index contributed by atoms with van der Waals surface area (Å²) in [6.07, 6.45) is 0.912. The summed E-state index contributed by atoms with van der Waals surface area (Å²) in [7, 11) is 0. The minimum atomic E-state index is -0.125. The van der Waals surface area contributed by atoms with Crippen molar-refractivity contribution in [3.05, 3.63) is 22.7 Å². The van der Waals surface area contributed by atoms with Crippen molar-refractivity contribution < 1.29 is 9.53 Å². The van der Waals surface area contributed by atoms with Crippen LogP contribution < -0.4 is 15.8 Å². The third-order valence-corrected chi connectivity index (χ3v) is 2.29. The largest absolute Gasteiger partial charge is 0.484 e. The predicted molar refractivity (Wildman–Crippen MR) is 67.4 cm³/mol. The van der Waals surface area contributed by atoms with E-state index in [0.29, 0.717) is 18.0 Å². The summed E-state index contributed by atoms with van der Waals surface area (Å²) in [6, 6.07) is 5.21. The fraction of sp³-hybridized carbons (Fsp3) is 0.364. The molecule has 3 N–H and O–H groups in total. The van der Waals surface area contributed by atoms with Gasteiger partial charge in [0.2, 0.25) is 0 Å². The first-order chi connectivity index (χ1) is 7.61. The van der Waals surface area contributed by atoms with Crippen molar-refractivity contribution in [1.82, 2.24) is 5.32 Å². The predicted octanol–water partition coefficient (Wildman–Crippen LogP) is 1.94. The molecule has 1 rings (SSSR count). The van der Waals surface area contributed by atoms with Crippen LogP contribution in [0.2, 0.25) is 0 Å². The number of anilines is 1. The van der Waals surface area contributed by atoms with Crippen LogP contribution in [0.3, 0.4) is 0 Å². The maximum atomic E-state index is 11.3. The normalized spacial score (nSPS) is 9.88. The molecule has 0 spiro atoms. The van der Waals surface area contributed by atoms with Gasteiger partial charge in [0.05, 0.1) is 0 Å². The SMILES string of the molecule is CCCNC(=O)COc1cc(N)cc(Br)c1. The molecule has 16 heavy (non-hydrogen) atoms. The molecule has 5 heteroatoms. The molecule has 0 aliphatic heterocycles. The molecule has 1 amide bonds. The maximum Gasteiger partial charge on any atom is 0.257 e. The van der Waals surface area contributed by atoms with Crippen molar-refractivity contribution in [1.29, 1.82) is 0 Å². The second kappa shape index (κ2) is 6.37. The number of benzene rings is 1. The molecule has 0 atom stereocenters. The van der Waals surface area contributed by atoms with Crippen LogP contribution in [-0.2, 0) is 4.79 Å². The Morgan fingerprint density at radius 2 is 2.25 bits per heavy atom. The Labute approximate surface area is 103 Å². The third kappa shape index (κ3) is 4.53. The van der Waals surface area contributed by atoms with Gasteiger partial charge in [0.1, 0.15) is 5.75 Å². The molecular weight excluding hydrogens is 272 g/mol. The molecule has 1 aromatic carbocycles. The molecular formula is C11H15BrN2O2. The van der Waals surface area contributed by atoms with Crippen LogP contribution in [0.5, 0.6) is 5.75 Å². The lowest BCUT2D eigenvalue weighted by Crippen LogP contribution is -2.29. The van der Waals surface area contributed by atoms with E-state index in [2.05, 4.69) is 21.2 Å². The summed E-state index contributed by atoms with van der Waals surface area (Å²) in [5, 5.41) is 2.72. The highest BCUT2D eigenvalue weighted by molar-refractivity contribution is 9.10. The lowest BCUT2D eigenvalue weighted by molar-refractivity contribution is -0.123. The van der Waals surface area contributed by atoms with Gasteiger partial charge >= 0.3 is 0 Å². The maximum absolute atomic E-state index is 11.3. The van der Waals surface area contributed by atoms with Gasteiger partial charge in [-0.25, -0.2) is 0 Å². The molecule has 0 radical (unpaired) electrons. The first kappa shape index (κ1) is 12.8. The monoisotopic (exact) mass is 286 g/mol. The van der Waals surface area contributed by atoms with Crippen LogP contribution in [0, 0.1) is 0 Å². The second-order valence-corrected chi connectivity index (χ2v) is 4.27. The standard InChI is InChI=1S/C11H15BrN2O2/c1-2-3-14-11(15)7-16-10-5-8(12)4-9(13)6-10/h4-6H,2-3,7,13H2,1H3,(H,14,15). The first-order valence-corrected chi connectivity index (χ1v) is 5.86. The Morgan fingerprint density at radius 3 is 2.88 bits per heavy atom. The summed E-state index contributed by atoms with van der Waals surface area (Å²) < 4.78 is 6.13. The molecule has 0 saturated carbocycles. The van der Waals surface area contributed by atoms with Crippen LogP contribution >= 0.6 is 15.9 Å². The highest BCUT2D eigenvalue weighted by atomic mass is 79.9. The van der Waals surface area contributed by atoms with Gasteiger partial charge in [-0.3, -0.25) is 4.79 Å². The average molecular weight is 287 g/mol. The van der Waals surface area contributed by atoms with Crippen LogP contribution in [0.25, 0.3) is 0 Å². The van der Waals surface area contributed by atoms with Gasteiger partial charge in [-0.1, -0.05) is 22.9 Å². The van der Waals surface area contributed by atoms with E-state index in [9.17, 15) is 4.79 Å². The lowest BCUT2D eigenvalue weighted by atomic mass is 10.3. The molecule has 0 aromatic heterocycles. The molecule has 88 valence electrons. The zero-order chi connectivity index (χ0) is 12.0. The summed E-state index contributed by atoms with van der Waals surface area (Å²) in [5.74, 6) is 0.457. The Kier molecular flexibility index (Phi) is 5.11. The van der Waals surface area contributed by atoms with E-state index in [0.717, 1.165) is 10.9 Å². The minimum Gasteiger partial charge on any atom is -0.484 e. The number of hydrogen-bond donors (Lipinski definition) is 2. The van der Waals surface area contributed by atoms with E-state index in [1.165, 1.54) is 0 Å². The number of nitrogens with two attached hydrogens (primary N) is 1. The number of amides is 1. The number of ether oxygens (including phenoxy) is 1. The van der Waals surface area contributed by atoms with E-state index in [1.807, 2.05) is 6.92 Å². The molecule has 0 heterocycles. The first-order valence-electron chi connectivity index (χ1n) is 5.07. The van der Waals surface area contributed by atoms with Crippen molar-refractivity contribution >= 4 is 27.5 Å². The summed E-state index contributed by atoms with van der Waals surface area (Å²) in [5.41, 5.74) is 6.23. The summed E-state index contributed by atoms with van der Waals surface area (Å²) >= 11 is 3.30. The number of carbonyl (C=O) groups is 1. The smallest absolute Gasteiger partial charge is 0.257 e. The van der Waals surface area contributed by atoms with E-state index in [4.69, 9.17) is 10.5 Å². The van der Waals surface area contributed by atoms with Gasteiger partial charge in [-0.05, 0) is 18.6 Å². The third-order valence-electron chi connectivity index (χ3n) is 1.84.